The topological polar surface area (TPSA) is 15.6 Å². The zero-order valence-corrected chi connectivity index (χ0v) is 6.39. The SMILES string of the molecule is CN1C(Cl)=NC=CC1Cl. The van der Waals surface area contributed by atoms with Crippen molar-refractivity contribution in [2.75, 3.05) is 7.05 Å². The van der Waals surface area contributed by atoms with E-state index < -0.39 is 0 Å². The predicted octanol–water partition coefficient (Wildman–Crippen LogP) is 1.61. The second kappa shape index (κ2) is 2.58. The first-order valence-electron chi connectivity index (χ1n) is 2.48. The molecule has 1 unspecified atom stereocenters. The summed E-state index contributed by atoms with van der Waals surface area (Å²) in [6.07, 6.45) is 3.35. The Bertz CT molecular complexity index is 164. The van der Waals surface area contributed by atoms with Crippen molar-refractivity contribution in [2.24, 2.45) is 4.99 Å². The average molecular weight is 165 g/mol. The smallest absolute Gasteiger partial charge is 0.199 e. The Morgan fingerprint density at radius 1 is 1.78 bits per heavy atom. The molecular weight excluding hydrogens is 159 g/mol. The van der Waals surface area contributed by atoms with Crippen molar-refractivity contribution in [1.29, 1.82) is 0 Å². The van der Waals surface area contributed by atoms with Crippen molar-refractivity contribution in [3.05, 3.63) is 12.3 Å². The van der Waals surface area contributed by atoms with Crippen molar-refractivity contribution in [3.63, 3.8) is 0 Å². The molecule has 0 radical (unpaired) electrons. The van der Waals surface area contributed by atoms with E-state index in [9.17, 15) is 0 Å². The largest absolute Gasteiger partial charge is 0.330 e. The molecule has 50 valence electrons. The van der Waals surface area contributed by atoms with Gasteiger partial charge in [0.25, 0.3) is 0 Å². The molecule has 1 atom stereocenters. The van der Waals surface area contributed by atoms with Crippen LogP contribution in [-0.2, 0) is 0 Å². The fraction of sp³-hybridized carbons (Fsp3) is 0.400. The molecule has 0 fully saturated rings. The van der Waals surface area contributed by atoms with E-state index in [0.717, 1.165) is 0 Å². The summed E-state index contributed by atoms with van der Waals surface area (Å²) >= 11 is 11.3. The minimum Gasteiger partial charge on any atom is -0.330 e. The zero-order chi connectivity index (χ0) is 6.85. The highest BCUT2D eigenvalue weighted by Gasteiger charge is 2.12. The molecule has 1 rings (SSSR count). The highest BCUT2D eigenvalue weighted by atomic mass is 35.5. The fourth-order valence-corrected chi connectivity index (χ4v) is 0.866. The number of aliphatic imine (C=N–C) groups is 1. The molecule has 9 heavy (non-hydrogen) atoms. The molecule has 2 nitrogen and oxygen atoms in total. The van der Waals surface area contributed by atoms with Gasteiger partial charge in [0.1, 0.15) is 5.50 Å². The first-order valence-corrected chi connectivity index (χ1v) is 3.30. The molecule has 0 saturated heterocycles. The van der Waals surface area contributed by atoms with Gasteiger partial charge >= 0.3 is 0 Å². The van der Waals surface area contributed by atoms with Crippen LogP contribution in [0.2, 0.25) is 0 Å². The minimum atomic E-state index is -0.157. The molecular formula is C5H6Cl2N2. The van der Waals surface area contributed by atoms with Crippen LogP contribution in [0, 0.1) is 0 Å². The Labute approximate surface area is 63.8 Å². The number of hydrogen-bond donors (Lipinski definition) is 0. The zero-order valence-electron chi connectivity index (χ0n) is 4.88. The van der Waals surface area contributed by atoms with Crippen LogP contribution in [0.5, 0.6) is 0 Å². The van der Waals surface area contributed by atoms with Crippen LogP contribution < -0.4 is 0 Å². The van der Waals surface area contributed by atoms with Gasteiger partial charge in [0.15, 0.2) is 5.29 Å². The van der Waals surface area contributed by atoms with E-state index in [1.54, 1.807) is 24.2 Å². The van der Waals surface area contributed by atoms with Gasteiger partial charge in [0.05, 0.1) is 0 Å². The van der Waals surface area contributed by atoms with E-state index in [1.165, 1.54) is 0 Å². The summed E-state index contributed by atoms with van der Waals surface area (Å²) in [7, 11) is 1.78. The summed E-state index contributed by atoms with van der Waals surface area (Å²) in [5, 5.41) is 0.428. The summed E-state index contributed by atoms with van der Waals surface area (Å²) in [6, 6.07) is 0. The molecule has 1 heterocycles. The molecule has 0 spiro atoms. The third kappa shape index (κ3) is 1.37. The number of rotatable bonds is 0. The third-order valence-electron chi connectivity index (χ3n) is 1.09. The molecule has 0 bridgehead atoms. The Morgan fingerprint density at radius 2 is 2.44 bits per heavy atom. The van der Waals surface area contributed by atoms with Gasteiger partial charge in [-0.25, -0.2) is 4.99 Å². The number of halogens is 2. The van der Waals surface area contributed by atoms with Gasteiger partial charge in [-0.3, -0.25) is 0 Å². The maximum absolute atomic E-state index is 5.74. The Morgan fingerprint density at radius 3 is 2.89 bits per heavy atom. The second-order valence-electron chi connectivity index (χ2n) is 1.72. The number of hydrogen-bond acceptors (Lipinski definition) is 2. The highest BCUT2D eigenvalue weighted by Crippen LogP contribution is 2.11. The molecule has 0 aromatic rings. The van der Waals surface area contributed by atoms with E-state index in [1.807, 2.05) is 0 Å². The van der Waals surface area contributed by atoms with Gasteiger partial charge in [-0.2, -0.15) is 0 Å². The number of likely N-dealkylation sites (N-methyl/N-ethyl adjacent to an activating group) is 1. The van der Waals surface area contributed by atoms with Crippen molar-refractivity contribution in [1.82, 2.24) is 4.90 Å². The van der Waals surface area contributed by atoms with Crippen LogP contribution in [0.25, 0.3) is 0 Å². The Balaban J connectivity index is 2.73. The molecule has 0 aromatic carbocycles. The third-order valence-corrected chi connectivity index (χ3v) is 1.89. The lowest BCUT2D eigenvalue weighted by Crippen LogP contribution is -2.30. The van der Waals surface area contributed by atoms with E-state index in [0.29, 0.717) is 5.29 Å². The van der Waals surface area contributed by atoms with Crippen molar-refractivity contribution < 1.29 is 0 Å². The lowest BCUT2D eigenvalue weighted by atomic mass is 10.5. The van der Waals surface area contributed by atoms with Crippen molar-refractivity contribution >= 4 is 28.5 Å². The van der Waals surface area contributed by atoms with Gasteiger partial charge in [-0.05, 0) is 17.7 Å². The summed E-state index contributed by atoms with van der Waals surface area (Å²) in [5.41, 5.74) is -0.157. The lowest BCUT2D eigenvalue weighted by Gasteiger charge is -2.21. The summed E-state index contributed by atoms with van der Waals surface area (Å²) in [6.45, 7) is 0. The van der Waals surface area contributed by atoms with Crippen LogP contribution in [0.4, 0.5) is 0 Å². The molecule has 0 amide bonds. The van der Waals surface area contributed by atoms with Crippen molar-refractivity contribution in [2.45, 2.75) is 5.50 Å². The molecule has 1 aliphatic heterocycles. The summed E-state index contributed by atoms with van der Waals surface area (Å²) < 4.78 is 0. The first kappa shape index (κ1) is 6.90. The van der Waals surface area contributed by atoms with Gasteiger partial charge in [-0.15, -0.1) is 0 Å². The maximum atomic E-state index is 5.74. The summed E-state index contributed by atoms with van der Waals surface area (Å²) in [5.74, 6) is 0. The van der Waals surface area contributed by atoms with Crippen LogP contribution in [0.15, 0.2) is 17.3 Å². The monoisotopic (exact) mass is 164 g/mol. The lowest BCUT2D eigenvalue weighted by molar-refractivity contribution is 0.525. The van der Waals surface area contributed by atoms with Gasteiger partial charge < -0.3 is 4.90 Å². The average Bonchev–Trinajstić information content (AvgIpc) is 1.83. The van der Waals surface area contributed by atoms with Crippen LogP contribution in [0.1, 0.15) is 0 Å². The molecule has 1 aliphatic rings. The number of nitrogens with zero attached hydrogens (tertiary/aromatic N) is 2. The number of amidine groups is 1. The van der Waals surface area contributed by atoms with Gasteiger partial charge in [0.2, 0.25) is 0 Å². The van der Waals surface area contributed by atoms with Crippen LogP contribution >= 0.6 is 23.2 Å². The van der Waals surface area contributed by atoms with E-state index in [-0.39, 0.29) is 5.50 Å². The van der Waals surface area contributed by atoms with Crippen LogP contribution in [0.3, 0.4) is 0 Å². The maximum Gasteiger partial charge on any atom is 0.199 e. The molecule has 0 saturated carbocycles. The highest BCUT2D eigenvalue weighted by molar-refractivity contribution is 6.65. The van der Waals surface area contributed by atoms with Crippen molar-refractivity contribution in [3.8, 4) is 0 Å². The minimum absolute atomic E-state index is 0.157. The van der Waals surface area contributed by atoms with Crippen LogP contribution in [-0.4, -0.2) is 22.7 Å². The molecule has 4 heteroatoms. The molecule has 0 N–H and O–H groups in total. The first-order chi connectivity index (χ1) is 4.22. The molecule has 0 aliphatic carbocycles. The van der Waals surface area contributed by atoms with E-state index in [2.05, 4.69) is 4.99 Å². The Hall–Kier alpha value is -0.210. The fourth-order valence-electron chi connectivity index (χ4n) is 0.497. The predicted molar refractivity (Wildman–Crippen MR) is 39.8 cm³/mol. The second-order valence-corrected chi connectivity index (χ2v) is 2.51. The van der Waals surface area contributed by atoms with Gasteiger partial charge in [-0.1, -0.05) is 11.6 Å². The van der Waals surface area contributed by atoms with E-state index >= 15 is 0 Å². The van der Waals surface area contributed by atoms with E-state index in [4.69, 9.17) is 23.2 Å². The quantitative estimate of drug-likeness (QED) is 0.393. The standard InChI is InChI=1S/C5H6Cl2N2/c1-9-4(6)2-3-8-5(9)7/h2-4H,1H3. The number of alkyl halides is 1. The normalized spacial score (nSPS) is 26.3. The Kier molecular flexibility index (Phi) is 1.98. The van der Waals surface area contributed by atoms with Gasteiger partial charge in [0, 0.05) is 13.2 Å². The summed E-state index contributed by atoms with van der Waals surface area (Å²) in [4.78, 5) is 5.47. The molecule has 0 aromatic heterocycles.